The molecule has 2 heterocycles. The van der Waals surface area contributed by atoms with E-state index >= 15 is 0 Å². The molecule has 0 saturated heterocycles. The van der Waals surface area contributed by atoms with Crippen molar-refractivity contribution in [1.29, 1.82) is 0 Å². The number of anilines is 1. The number of rotatable bonds is 6. The summed E-state index contributed by atoms with van der Waals surface area (Å²) in [5, 5.41) is 7.75. The third kappa shape index (κ3) is 4.42. The zero-order valence-electron chi connectivity index (χ0n) is 15.8. The van der Waals surface area contributed by atoms with Gasteiger partial charge in [0.1, 0.15) is 11.6 Å². The summed E-state index contributed by atoms with van der Waals surface area (Å²) in [5.41, 5.74) is 0.854. The average molecular weight is 400 g/mol. The molecule has 2 aromatic heterocycles. The van der Waals surface area contributed by atoms with Gasteiger partial charge in [-0.05, 0) is 18.2 Å². The molecule has 1 aromatic carbocycles. The molecule has 0 unspecified atom stereocenters. The number of benzene rings is 1. The van der Waals surface area contributed by atoms with Crippen molar-refractivity contribution in [3.63, 3.8) is 0 Å². The first-order chi connectivity index (χ1) is 13.4. The highest BCUT2D eigenvalue weighted by Gasteiger charge is 2.13. The number of amides is 1. The maximum Gasteiger partial charge on any atom is 0.338 e. The van der Waals surface area contributed by atoms with Crippen LogP contribution in [0.5, 0.6) is 0 Å². The Labute approximate surface area is 165 Å². The Morgan fingerprint density at radius 1 is 1.29 bits per heavy atom. The molecule has 8 nitrogen and oxygen atoms in total. The van der Waals surface area contributed by atoms with Gasteiger partial charge in [0.15, 0.2) is 0 Å². The predicted molar refractivity (Wildman–Crippen MR) is 106 cm³/mol. The van der Waals surface area contributed by atoms with Crippen molar-refractivity contribution in [3.05, 3.63) is 57.0 Å². The molecule has 146 valence electrons. The van der Waals surface area contributed by atoms with Crippen LogP contribution in [0.4, 0.5) is 5.69 Å². The number of fused-ring (bicyclic) bond motifs is 1. The molecule has 9 heteroatoms. The van der Waals surface area contributed by atoms with Crippen LogP contribution in [0.3, 0.4) is 0 Å². The second-order valence-electron chi connectivity index (χ2n) is 6.43. The van der Waals surface area contributed by atoms with Gasteiger partial charge in [-0.15, -0.1) is 0 Å². The molecule has 0 spiro atoms. The van der Waals surface area contributed by atoms with Crippen molar-refractivity contribution in [2.24, 2.45) is 0 Å². The molecule has 0 radical (unpaired) electrons. The van der Waals surface area contributed by atoms with Crippen LogP contribution in [-0.2, 0) is 16.1 Å². The number of esters is 1. The number of hydrogen-bond donors (Lipinski definition) is 1. The van der Waals surface area contributed by atoms with Gasteiger partial charge in [-0.2, -0.15) is 9.61 Å². The van der Waals surface area contributed by atoms with Crippen LogP contribution in [0.1, 0.15) is 54.2 Å². The van der Waals surface area contributed by atoms with E-state index in [4.69, 9.17) is 4.74 Å². The average Bonchev–Trinajstić information content (AvgIpc) is 3.11. The molecule has 0 aliphatic rings. The molecular weight excluding hydrogens is 380 g/mol. The largest absolute Gasteiger partial charge is 0.456 e. The third-order valence-electron chi connectivity index (χ3n) is 3.86. The first-order valence-electron chi connectivity index (χ1n) is 8.84. The molecule has 0 atom stereocenters. The van der Waals surface area contributed by atoms with Crippen LogP contribution < -0.4 is 10.9 Å². The van der Waals surface area contributed by atoms with Crippen LogP contribution in [-0.4, -0.2) is 26.5 Å². The number of nitrogens with zero attached hydrogens (tertiary/aromatic N) is 3. The molecule has 3 rings (SSSR count). The van der Waals surface area contributed by atoms with E-state index in [0.717, 1.165) is 5.01 Å². The van der Waals surface area contributed by atoms with Gasteiger partial charge in [0.2, 0.25) is 10.9 Å². The Hall–Kier alpha value is -3.07. The summed E-state index contributed by atoms with van der Waals surface area (Å²) in [4.78, 5) is 40.8. The molecule has 0 bridgehead atoms. The Morgan fingerprint density at radius 2 is 2.07 bits per heavy atom. The molecule has 1 amide bonds. The zero-order valence-corrected chi connectivity index (χ0v) is 16.6. The summed E-state index contributed by atoms with van der Waals surface area (Å²) in [5.74, 6) is -0.525. The number of aromatic nitrogens is 3. The molecule has 3 aromatic rings. The molecule has 28 heavy (non-hydrogen) atoms. The molecule has 0 aliphatic heterocycles. The first-order valence-corrected chi connectivity index (χ1v) is 9.65. The van der Waals surface area contributed by atoms with Crippen LogP contribution in [0, 0.1) is 0 Å². The second kappa shape index (κ2) is 8.30. The smallest absolute Gasteiger partial charge is 0.338 e. The van der Waals surface area contributed by atoms with Crippen LogP contribution in [0.25, 0.3) is 4.96 Å². The van der Waals surface area contributed by atoms with Crippen molar-refractivity contribution >= 4 is 33.9 Å². The summed E-state index contributed by atoms with van der Waals surface area (Å²) in [6, 6.07) is 7.79. The van der Waals surface area contributed by atoms with Crippen molar-refractivity contribution < 1.29 is 14.3 Å². The van der Waals surface area contributed by atoms with Gasteiger partial charge in [0.05, 0.1) is 11.3 Å². The van der Waals surface area contributed by atoms with Crippen molar-refractivity contribution in [2.75, 3.05) is 5.32 Å². The Balaban J connectivity index is 1.73. The van der Waals surface area contributed by atoms with Gasteiger partial charge in [0, 0.05) is 24.1 Å². The van der Waals surface area contributed by atoms with Crippen molar-refractivity contribution in [3.8, 4) is 0 Å². The van der Waals surface area contributed by atoms with Gasteiger partial charge in [0.25, 0.3) is 5.56 Å². The van der Waals surface area contributed by atoms with Gasteiger partial charge >= 0.3 is 5.97 Å². The third-order valence-corrected chi connectivity index (χ3v) is 5.07. The monoisotopic (exact) mass is 400 g/mol. The number of hydrogen-bond acceptors (Lipinski definition) is 7. The number of carbonyl (C=O) groups excluding carboxylic acids is 2. The minimum Gasteiger partial charge on any atom is -0.456 e. The van der Waals surface area contributed by atoms with Gasteiger partial charge in [-0.25, -0.2) is 9.78 Å². The number of ether oxygens (including phenoxy) is 1. The topological polar surface area (TPSA) is 103 Å². The summed E-state index contributed by atoms with van der Waals surface area (Å²) >= 11 is 1.33. The standard InChI is InChI=1S/C19H20N4O4S/c1-4-15(24)20-13-7-5-6-12(8-13)18(26)27-10-14-9-16(25)23-19(21-14)28-17(22-23)11(2)3/h5-9,11H,4,10H2,1-3H3,(H,20,24). The molecule has 0 fully saturated rings. The first kappa shape index (κ1) is 19.7. The lowest BCUT2D eigenvalue weighted by Crippen LogP contribution is -2.17. The van der Waals surface area contributed by atoms with Gasteiger partial charge < -0.3 is 10.1 Å². The summed E-state index contributed by atoms with van der Waals surface area (Å²) in [6.07, 6.45) is 0.342. The van der Waals surface area contributed by atoms with Gasteiger partial charge in [-0.3, -0.25) is 9.59 Å². The number of nitrogens with one attached hydrogen (secondary N) is 1. The Bertz CT molecular complexity index is 1090. The van der Waals surface area contributed by atoms with E-state index in [9.17, 15) is 14.4 Å². The normalized spacial score (nSPS) is 11.0. The lowest BCUT2D eigenvalue weighted by Gasteiger charge is -2.07. The van der Waals surface area contributed by atoms with E-state index in [-0.39, 0.29) is 24.0 Å². The number of carbonyl (C=O) groups is 2. The van der Waals surface area contributed by atoms with Crippen LogP contribution >= 0.6 is 11.3 Å². The van der Waals surface area contributed by atoms with E-state index in [1.807, 2.05) is 13.8 Å². The van der Waals surface area contributed by atoms with Crippen molar-refractivity contribution in [1.82, 2.24) is 14.6 Å². The fourth-order valence-corrected chi connectivity index (χ4v) is 3.30. The highest BCUT2D eigenvalue weighted by atomic mass is 32.1. The predicted octanol–water partition coefficient (Wildman–Crippen LogP) is 2.98. The minimum absolute atomic E-state index is 0.134. The van der Waals surface area contributed by atoms with Gasteiger partial charge in [-0.1, -0.05) is 38.2 Å². The van der Waals surface area contributed by atoms with E-state index in [1.165, 1.54) is 21.9 Å². The molecule has 0 saturated carbocycles. The SMILES string of the molecule is CCC(=O)Nc1cccc(C(=O)OCc2cc(=O)n3nc(C(C)C)sc3n2)c1. The summed E-state index contributed by atoms with van der Waals surface area (Å²) in [7, 11) is 0. The Kier molecular flexibility index (Phi) is 5.84. The fraction of sp³-hybridized carbons (Fsp3) is 0.316. The molecular formula is C19H20N4O4S. The van der Waals surface area contributed by atoms with Crippen molar-refractivity contribution in [2.45, 2.75) is 39.7 Å². The quantitative estimate of drug-likeness (QED) is 0.638. The van der Waals surface area contributed by atoms with E-state index in [0.29, 0.717) is 28.3 Å². The van der Waals surface area contributed by atoms with E-state index in [2.05, 4.69) is 15.4 Å². The highest BCUT2D eigenvalue weighted by molar-refractivity contribution is 7.16. The van der Waals surface area contributed by atoms with Crippen LogP contribution in [0.15, 0.2) is 35.1 Å². The maximum absolute atomic E-state index is 12.3. The summed E-state index contributed by atoms with van der Waals surface area (Å²) in [6.45, 7) is 5.59. The summed E-state index contributed by atoms with van der Waals surface area (Å²) < 4.78 is 6.54. The van der Waals surface area contributed by atoms with E-state index in [1.54, 1.807) is 31.2 Å². The molecule has 0 aliphatic carbocycles. The second-order valence-corrected chi connectivity index (χ2v) is 7.42. The zero-order chi connectivity index (χ0) is 20.3. The highest BCUT2D eigenvalue weighted by Crippen LogP contribution is 2.20. The van der Waals surface area contributed by atoms with E-state index < -0.39 is 5.97 Å². The maximum atomic E-state index is 12.3. The lowest BCUT2D eigenvalue weighted by molar-refractivity contribution is -0.115. The van der Waals surface area contributed by atoms with Crippen LogP contribution in [0.2, 0.25) is 0 Å². The lowest BCUT2D eigenvalue weighted by atomic mass is 10.2. The fourth-order valence-electron chi connectivity index (χ4n) is 2.37. The minimum atomic E-state index is -0.568. The molecule has 1 N–H and O–H groups in total. The Morgan fingerprint density at radius 3 is 2.79 bits per heavy atom.